The first-order chi connectivity index (χ1) is 7.67. The summed E-state index contributed by atoms with van der Waals surface area (Å²) < 4.78 is 5.68. The van der Waals surface area contributed by atoms with Crippen molar-refractivity contribution < 1.29 is 9.53 Å². The standard InChI is InChI=1S/C12H24N2O2/c1-4-6-14-7-8-16-11(10-14)9-13(3)12(15)5-2/h11H,4-10H2,1-3H3/t11-/m1/s1. The summed E-state index contributed by atoms with van der Waals surface area (Å²) in [6, 6.07) is 0. The van der Waals surface area contributed by atoms with Gasteiger partial charge in [0.15, 0.2) is 0 Å². The first-order valence-corrected chi connectivity index (χ1v) is 6.25. The van der Waals surface area contributed by atoms with Gasteiger partial charge in [0.25, 0.3) is 0 Å². The van der Waals surface area contributed by atoms with E-state index >= 15 is 0 Å². The van der Waals surface area contributed by atoms with Gasteiger partial charge in [0.1, 0.15) is 0 Å². The van der Waals surface area contributed by atoms with Gasteiger partial charge in [0.2, 0.25) is 5.91 Å². The summed E-state index contributed by atoms with van der Waals surface area (Å²) in [5.74, 6) is 0.191. The Morgan fingerprint density at radius 1 is 1.50 bits per heavy atom. The monoisotopic (exact) mass is 228 g/mol. The molecule has 0 unspecified atom stereocenters. The van der Waals surface area contributed by atoms with Gasteiger partial charge in [-0.05, 0) is 13.0 Å². The van der Waals surface area contributed by atoms with Crippen molar-refractivity contribution in [3.63, 3.8) is 0 Å². The Bertz CT molecular complexity index is 219. The Labute approximate surface area is 98.5 Å². The van der Waals surface area contributed by atoms with Gasteiger partial charge in [-0.15, -0.1) is 0 Å². The first-order valence-electron chi connectivity index (χ1n) is 6.25. The van der Waals surface area contributed by atoms with E-state index in [2.05, 4.69) is 11.8 Å². The second-order valence-electron chi connectivity index (χ2n) is 4.42. The molecule has 0 aromatic heterocycles. The quantitative estimate of drug-likeness (QED) is 0.703. The number of carbonyl (C=O) groups is 1. The highest BCUT2D eigenvalue weighted by Gasteiger charge is 2.22. The molecule has 4 heteroatoms. The van der Waals surface area contributed by atoms with Crippen molar-refractivity contribution in [2.75, 3.05) is 39.8 Å². The molecule has 1 rings (SSSR count). The van der Waals surface area contributed by atoms with Crippen molar-refractivity contribution in [2.45, 2.75) is 32.8 Å². The second kappa shape index (κ2) is 6.86. The number of hydrogen-bond acceptors (Lipinski definition) is 3. The van der Waals surface area contributed by atoms with E-state index in [9.17, 15) is 4.79 Å². The predicted octanol–water partition coefficient (Wildman–Crippen LogP) is 0.966. The molecule has 0 aromatic carbocycles. The van der Waals surface area contributed by atoms with E-state index in [0.717, 1.165) is 26.2 Å². The van der Waals surface area contributed by atoms with Crippen molar-refractivity contribution in [1.29, 1.82) is 0 Å². The molecule has 1 atom stereocenters. The summed E-state index contributed by atoms with van der Waals surface area (Å²) in [5, 5.41) is 0. The van der Waals surface area contributed by atoms with E-state index in [0.29, 0.717) is 13.0 Å². The van der Waals surface area contributed by atoms with Gasteiger partial charge in [-0.2, -0.15) is 0 Å². The molecule has 4 nitrogen and oxygen atoms in total. The predicted molar refractivity (Wildman–Crippen MR) is 64.4 cm³/mol. The van der Waals surface area contributed by atoms with Gasteiger partial charge in [-0.1, -0.05) is 13.8 Å². The Hall–Kier alpha value is -0.610. The molecule has 0 saturated carbocycles. The molecule has 0 spiro atoms. The summed E-state index contributed by atoms with van der Waals surface area (Å²) in [7, 11) is 1.86. The molecular weight excluding hydrogens is 204 g/mol. The SMILES string of the molecule is CCCN1CCO[C@H](CN(C)C(=O)CC)C1. The highest BCUT2D eigenvalue weighted by atomic mass is 16.5. The van der Waals surface area contributed by atoms with Crippen molar-refractivity contribution in [1.82, 2.24) is 9.80 Å². The van der Waals surface area contributed by atoms with E-state index in [1.54, 1.807) is 4.90 Å². The van der Waals surface area contributed by atoms with Crippen molar-refractivity contribution in [3.8, 4) is 0 Å². The van der Waals surface area contributed by atoms with Crippen LogP contribution in [-0.2, 0) is 9.53 Å². The maximum atomic E-state index is 11.4. The second-order valence-corrected chi connectivity index (χ2v) is 4.42. The van der Waals surface area contributed by atoms with Crippen LogP contribution in [-0.4, -0.2) is 61.6 Å². The summed E-state index contributed by atoms with van der Waals surface area (Å²) >= 11 is 0. The minimum absolute atomic E-state index is 0.181. The average Bonchev–Trinajstić information content (AvgIpc) is 2.29. The third kappa shape index (κ3) is 4.10. The van der Waals surface area contributed by atoms with Gasteiger partial charge in [-0.25, -0.2) is 0 Å². The van der Waals surface area contributed by atoms with E-state index in [4.69, 9.17) is 4.74 Å². The van der Waals surface area contributed by atoms with E-state index in [-0.39, 0.29) is 12.0 Å². The van der Waals surface area contributed by atoms with Crippen molar-refractivity contribution in [3.05, 3.63) is 0 Å². The molecule has 0 aromatic rings. The van der Waals surface area contributed by atoms with Crippen molar-refractivity contribution >= 4 is 5.91 Å². The molecule has 0 aliphatic carbocycles. The molecule has 1 fully saturated rings. The number of likely N-dealkylation sites (N-methyl/N-ethyl adjacent to an activating group) is 1. The number of morpholine rings is 1. The van der Waals surface area contributed by atoms with Gasteiger partial charge in [0.05, 0.1) is 12.7 Å². The van der Waals surface area contributed by atoms with Crippen LogP contribution in [0, 0.1) is 0 Å². The third-order valence-corrected chi connectivity index (χ3v) is 2.97. The zero-order chi connectivity index (χ0) is 12.0. The molecule has 1 heterocycles. The van der Waals surface area contributed by atoms with Crippen LogP contribution in [0.2, 0.25) is 0 Å². The number of hydrogen-bond donors (Lipinski definition) is 0. The lowest BCUT2D eigenvalue weighted by Gasteiger charge is -2.34. The minimum atomic E-state index is 0.181. The van der Waals surface area contributed by atoms with Crippen LogP contribution in [0.15, 0.2) is 0 Å². The Kier molecular flexibility index (Phi) is 5.77. The van der Waals surface area contributed by atoms with E-state index in [1.807, 2.05) is 14.0 Å². The van der Waals surface area contributed by atoms with Gasteiger partial charge in [-0.3, -0.25) is 9.69 Å². The zero-order valence-electron chi connectivity index (χ0n) is 10.7. The topological polar surface area (TPSA) is 32.8 Å². The largest absolute Gasteiger partial charge is 0.374 e. The Morgan fingerprint density at radius 3 is 2.88 bits per heavy atom. The molecule has 94 valence electrons. The number of ether oxygens (including phenoxy) is 1. The highest BCUT2D eigenvalue weighted by molar-refractivity contribution is 5.75. The molecule has 1 saturated heterocycles. The zero-order valence-corrected chi connectivity index (χ0v) is 10.7. The van der Waals surface area contributed by atoms with Crippen LogP contribution in [0.3, 0.4) is 0 Å². The smallest absolute Gasteiger partial charge is 0.222 e. The van der Waals surface area contributed by atoms with Gasteiger partial charge >= 0.3 is 0 Å². The van der Waals surface area contributed by atoms with Crippen molar-refractivity contribution in [2.24, 2.45) is 0 Å². The van der Waals surface area contributed by atoms with Crippen LogP contribution < -0.4 is 0 Å². The molecular formula is C12H24N2O2. The Morgan fingerprint density at radius 2 is 2.25 bits per heavy atom. The summed E-state index contributed by atoms with van der Waals surface area (Å²) in [5.41, 5.74) is 0. The fraction of sp³-hybridized carbons (Fsp3) is 0.917. The van der Waals surface area contributed by atoms with E-state index < -0.39 is 0 Å². The summed E-state index contributed by atoms with van der Waals surface area (Å²) in [6.07, 6.45) is 1.93. The van der Waals surface area contributed by atoms with Crippen LogP contribution in [0.25, 0.3) is 0 Å². The van der Waals surface area contributed by atoms with Gasteiger partial charge in [0, 0.05) is 33.1 Å². The number of amides is 1. The summed E-state index contributed by atoms with van der Waals surface area (Å²) in [6.45, 7) is 8.70. The fourth-order valence-electron chi connectivity index (χ4n) is 2.09. The lowest BCUT2D eigenvalue weighted by molar-refractivity contribution is -0.132. The van der Waals surface area contributed by atoms with Crippen LogP contribution in [0.1, 0.15) is 26.7 Å². The number of nitrogens with zero attached hydrogens (tertiary/aromatic N) is 2. The molecule has 0 bridgehead atoms. The fourth-order valence-corrected chi connectivity index (χ4v) is 2.09. The molecule has 1 aliphatic heterocycles. The molecule has 16 heavy (non-hydrogen) atoms. The minimum Gasteiger partial charge on any atom is -0.374 e. The maximum absolute atomic E-state index is 11.4. The molecule has 0 N–H and O–H groups in total. The Balaban J connectivity index is 2.33. The normalized spacial score (nSPS) is 22.1. The first kappa shape index (κ1) is 13.5. The van der Waals surface area contributed by atoms with Crippen LogP contribution >= 0.6 is 0 Å². The third-order valence-electron chi connectivity index (χ3n) is 2.97. The molecule has 1 amide bonds. The lowest BCUT2D eigenvalue weighted by atomic mass is 10.2. The average molecular weight is 228 g/mol. The summed E-state index contributed by atoms with van der Waals surface area (Å²) in [4.78, 5) is 15.6. The lowest BCUT2D eigenvalue weighted by Crippen LogP contribution is -2.47. The van der Waals surface area contributed by atoms with E-state index in [1.165, 1.54) is 6.42 Å². The number of carbonyl (C=O) groups excluding carboxylic acids is 1. The highest BCUT2D eigenvalue weighted by Crippen LogP contribution is 2.07. The molecule has 0 radical (unpaired) electrons. The maximum Gasteiger partial charge on any atom is 0.222 e. The van der Waals surface area contributed by atoms with Gasteiger partial charge < -0.3 is 9.64 Å². The van der Waals surface area contributed by atoms with Crippen LogP contribution in [0.5, 0.6) is 0 Å². The van der Waals surface area contributed by atoms with Crippen LogP contribution in [0.4, 0.5) is 0 Å². The number of rotatable bonds is 5. The molecule has 1 aliphatic rings.